The maximum Gasteiger partial charge on any atom is 0.0870 e. The second kappa shape index (κ2) is 7.49. The first-order valence-electron chi connectivity index (χ1n) is 3.26. The van der Waals surface area contributed by atoms with E-state index < -0.39 is 12.2 Å². The fraction of sp³-hybridized carbons (Fsp3) is 1.00. The van der Waals surface area contributed by atoms with Crippen LogP contribution in [-0.4, -0.2) is 46.3 Å². The lowest BCUT2D eigenvalue weighted by Crippen LogP contribution is -2.22. The Hall–Kier alpha value is 0.840. The zero-order chi connectivity index (χ0) is 8.69. The Morgan fingerprint density at radius 1 is 1.00 bits per heavy atom. The SMILES string of the molecule is OC(CBr)COCC(O)CBr. The molecule has 11 heavy (non-hydrogen) atoms. The van der Waals surface area contributed by atoms with Crippen molar-refractivity contribution in [3.8, 4) is 0 Å². The lowest BCUT2D eigenvalue weighted by atomic mass is 10.4. The Morgan fingerprint density at radius 3 is 1.64 bits per heavy atom. The quantitative estimate of drug-likeness (QED) is 0.702. The summed E-state index contributed by atoms with van der Waals surface area (Å²) in [6.45, 7) is 0.518. The Kier molecular flexibility index (Phi) is 8.06. The molecule has 0 bridgehead atoms. The summed E-state index contributed by atoms with van der Waals surface area (Å²) in [7, 11) is 0. The van der Waals surface area contributed by atoms with Crippen LogP contribution >= 0.6 is 31.9 Å². The summed E-state index contributed by atoms with van der Waals surface area (Å²) in [5.41, 5.74) is 0. The molecule has 0 amide bonds. The molecule has 0 rings (SSSR count). The van der Waals surface area contributed by atoms with Crippen LogP contribution in [0.25, 0.3) is 0 Å². The molecule has 3 nitrogen and oxygen atoms in total. The molecule has 2 N–H and O–H groups in total. The minimum Gasteiger partial charge on any atom is -0.390 e. The fourth-order valence-electron chi connectivity index (χ4n) is 0.429. The largest absolute Gasteiger partial charge is 0.390 e. The van der Waals surface area contributed by atoms with Crippen molar-refractivity contribution in [2.24, 2.45) is 0 Å². The molecule has 68 valence electrons. The molecule has 0 aliphatic carbocycles. The van der Waals surface area contributed by atoms with E-state index in [1.807, 2.05) is 0 Å². The molecule has 0 spiro atoms. The fourth-order valence-corrected chi connectivity index (χ4v) is 0.803. The van der Waals surface area contributed by atoms with E-state index in [1.54, 1.807) is 0 Å². The molecule has 0 radical (unpaired) electrons. The predicted octanol–water partition coefficient (Wildman–Crippen LogP) is 0.515. The van der Waals surface area contributed by atoms with E-state index in [0.717, 1.165) is 0 Å². The normalized spacial score (nSPS) is 16.4. The number of aliphatic hydroxyl groups excluding tert-OH is 2. The lowest BCUT2D eigenvalue weighted by Gasteiger charge is -2.10. The molecule has 0 saturated carbocycles. The maximum absolute atomic E-state index is 8.98. The van der Waals surface area contributed by atoms with Gasteiger partial charge in [0.1, 0.15) is 0 Å². The molecule has 0 heterocycles. The van der Waals surface area contributed by atoms with Gasteiger partial charge in [-0.2, -0.15) is 0 Å². The minimum absolute atomic E-state index is 0.259. The summed E-state index contributed by atoms with van der Waals surface area (Å²) < 4.78 is 4.98. The standard InChI is InChI=1S/C6H12Br2O3/c7-1-5(9)3-11-4-6(10)2-8/h5-6,9-10H,1-4H2. The van der Waals surface area contributed by atoms with Crippen molar-refractivity contribution < 1.29 is 14.9 Å². The van der Waals surface area contributed by atoms with Gasteiger partial charge in [-0.1, -0.05) is 31.9 Å². The van der Waals surface area contributed by atoms with Crippen LogP contribution in [0.4, 0.5) is 0 Å². The predicted molar refractivity (Wildman–Crippen MR) is 50.4 cm³/mol. The van der Waals surface area contributed by atoms with Gasteiger partial charge in [-0.05, 0) is 0 Å². The third kappa shape index (κ3) is 7.21. The first kappa shape index (κ1) is 11.8. The number of alkyl halides is 2. The Morgan fingerprint density at radius 2 is 1.36 bits per heavy atom. The number of rotatable bonds is 6. The minimum atomic E-state index is -0.488. The van der Waals surface area contributed by atoms with E-state index in [0.29, 0.717) is 10.7 Å². The summed E-state index contributed by atoms with van der Waals surface area (Å²) >= 11 is 6.19. The molecule has 5 heteroatoms. The highest BCUT2D eigenvalue weighted by Crippen LogP contribution is 1.94. The van der Waals surface area contributed by atoms with Crippen LogP contribution in [0.3, 0.4) is 0 Å². The van der Waals surface area contributed by atoms with Crippen LogP contribution in [-0.2, 0) is 4.74 Å². The maximum atomic E-state index is 8.98. The Balaban J connectivity index is 3.13. The second-order valence-corrected chi connectivity index (χ2v) is 3.45. The van der Waals surface area contributed by atoms with E-state index in [4.69, 9.17) is 14.9 Å². The molecular formula is C6H12Br2O3. The van der Waals surface area contributed by atoms with Crippen molar-refractivity contribution in [3.63, 3.8) is 0 Å². The highest BCUT2D eigenvalue weighted by molar-refractivity contribution is 9.09. The van der Waals surface area contributed by atoms with Crippen molar-refractivity contribution in [1.82, 2.24) is 0 Å². The van der Waals surface area contributed by atoms with Gasteiger partial charge in [0.15, 0.2) is 0 Å². The summed E-state index contributed by atoms with van der Waals surface area (Å²) in [6.07, 6.45) is -0.977. The first-order chi connectivity index (χ1) is 5.20. The third-order valence-electron chi connectivity index (χ3n) is 0.977. The average molecular weight is 292 g/mol. The van der Waals surface area contributed by atoms with E-state index in [1.165, 1.54) is 0 Å². The molecule has 0 aromatic rings. The molecule has 0 aromatic carbocycles. The molecule has 0 aromatic heterocycles. The second-order valence-electron chi connectivity index (χ2n) is 2.15. The van der Waals surface area contributed by atoms with Crippen LogP contribution < -0.4 is 0 Å². The van der Waals surface area contributed by atoms with Crippen molar-refractivity contribution in [2.45, 2.75) is 12.2 Å². The lowest BCUT2D eigenvalue weighted by molar-refractivity contribution is 0.00737. The van der Waals surface area contributed by atoms with Crippen molar-refractivity contribution in [2.75, 3.05) is 23.9 Å². The number of hydrogen-bond donors (Lipinski definition) is 2. The highest BCUT2D eigenvalue weighted by Gasteiger charge is 2.04. The number of halogens is 2. The van der Waals surface area contributed by atoms with Gasteiger partial charge in [0, 0.05) is 10.7 Å². The Labute approximate surface area is 83.0 Å². The zero-order valence-corrected chi connectivity index (χ0v) is 9.21. The summed E-state index contributed by atoms with van der Waals surface area (Å²) in [5, 5.41) is 19.0. The third-order valence-corrected chi connectivity index (χ3v) is 2.47. The molecule has 0 aliphatic rings. The van der Waals surface area contributed by atoms with E-state index >= 15 is 0 Å². The number of ether oxygens (including phenoxy) is 1. The Bertz CT molecular complexity index is 81.9. The summed E-state index contributed by atoms with van der Waals surface area (Å²) in [5.74, 6) is 0. The molecule has 0 saturated heterocycles. The summed E-state index contributed by atoms with van der Waals surface area (Å²) in [6, 6.07) is 0. The van der Waals surface area contributed by atoms with Crippen LogP contribution in [0.2, 0.25) is 0 Å². The van der Waals surface area contributed by atoms with Crippen LogP contribution in [0.1, 0.15) is 0 Å². The number of aliphatic hydroxyl groups is 2. The van der Waals surface area contributed by atoms with Crippen LogP contribution in [0.5, 0.6) is 0 Å². The van der Waals surface area contributed by atoms with Crippen molar-refractivity contribution in [3.05, 3.63) is 0 Å². The topological polar surface area (TPSA) is 49.7 Å². The first-order valence-corrected chi connectivity index (χ1v) is 5.50. The molecule has 0 aliphatic heterocycles. The highest BCUT2D eigenvalue weighted by atomic mass is 79.9. The van der Waals surface area contributed by atoms with E-state index in [-0.39, 0.29) is 13.2 Å². The molecular weight excluding hydrogens is 280 g/mol. The van der Waals surface area contributed by atoms with E-state index in [9.17, 15) is 0 Å². The molecule has 2 atom stereocenters. The van der Waals surface area contributed by atoms with Crippen LogP contribution in [0, 0.1) is 0 Å². The van der Waals surface area contributed by atoms with Gasteiger partial charge < -0.3 is 14.9 Å². The molecule has 2 unspecified atom stereocenters. The molecule has 0 fully saturated rings. The monoisotopic (exact) mass is 290 g/mol. The smallest absolute Gasteiger partial charge is 0.0870 e. The van der Waals surface area contributed by atoms with Crippen molar-refractivity contribution >= 4 is 31.9 Å². The average Bonchev–Trinajstić information content (AvgIpc) is 2.04. The zero-order valence-electron chi connectivity index (χ0n) is 6.04. The van der Waals surface area contributed by atoms with Gasteiger partial charge in [-0.3, -0.25) is 0 Å². The van der Waals surface area contributed by atoms with Gasteiger partial charge in [-0.15, -0.1) is 0 Å². The van der Waals surface area contributed by atoms with Gasteiger partial charge in [0.05, 0.1) is 25.4 Å². The van der Waals surface area contributed by atoms with Gasteiger partial charge in [-0.25, -0.2) is 0 Å². The van der Waals surface area contributed by atoms with Gasteiger partial charge >= 0.3 is 0 Å². The van der Waals surface area contributed by atoms with Crippen LogP contribution in [0.15, 0.2) is 0 Å². The van der Waals surface area contributed by atoms with Gasteiger partial charge in [0.2, 0.25) is 0 Å². The number of hydrogen-bond acceptors (Lipinski definition) is 3. The van der Waals surface area contributed by atoms with Gasteiger partial charge in [0.25, 0.3) is 0 Å². The van der Waals surface area contributed by atoms with Crippen molar-refractivity contribution in [1.29, 1.82) is 0 Å². The van der Waals surface area contributed by atoms with E-state index in [2.05, 4.69) is 31.9 Å². The summed E-state index contributed by atoms with van der Waals surface area (Å²) in [4.78, 5) is 0.